The number of hydrogen-bond acceptors (Lipinski definition) is 4. The summed E-state index contributed by atoms with van der Waals surface area (Å²) in [5.74, 6) is -0.349. The molecule has 0 unspecified atom stereocenters. The van der Waals surface area contributed by atoms with Gasteiger partial charge in [0.05, 0.1) is 12.1 Å². The lowest BCUT2D eigenvalue weighted by Crippen LogP contribution is -2.46. The Hall–Kier alpha value is -1.40. The number of imide groups is 1. The molecule has 1 aromatic carbocycles. The maximum Gasteiger partial charge on any atom is 0.418 e. The molecule has 126 valence electrons. The third kappa shape index (κ3) is 3.28. The van der Waals surface area contributed by atoms with Gasteiger partial charge in [-0.05, 0) is 57.9 Å². The predicted molar refractivity (Wildman–Crippen MR) is 90.3 cm³/mol. The monoisotopic (exact) mass is 383 g/mol. The Labute approximate surface area is 145 Å². The van der Waals surface area contributed by atoms with Gasteiger partial charge in [-0.3, -0.25) is 4.79 Å². The highest BCUT2D eigenvalue weighted by molar-refractivity contribution is 9.10. The van der Waals surface area contributed by atoms with Gasteiger partial charge >= 0.3 is 6.09 Å². The van der Waals surface area contributed by atoms with Gasteiger partial charge in [0.2, 0.25) is 0 Å². The van der Waals surface area contributed by atoms with Gasteiger partial charge in [0.15, 0.2) is 0 Å². The quantitative estimate of drug-likeness (QED) is 0.766. The second kappa shape index (κ2) is 5.91. The van der Waals surface area contributed by atoms with E-state index in [2.05, 4.69) is 15.9 Å². The van der Waals surface area contributed by atoms with Crippen LogP contribution >= 0.6 is 15.9 Å². The molecule has 6 heteroatoms. The zero-order valence-corrected chi connectivity index (χ0v) is 15.9. The number of hydrogen-bond donors (Lipinski definition) is 0. The Balaban J connectivity index is 2.54. The lowest BCUT2D eigenvalue weighted by molar-refractivity contribution is 0.00916. The Morgan fingerprint density at radius 2 is 1.91 bits per heavy atom. The number of amides is 2. The highest BCUT2D eigenvalue weighted by Gasteiger charge is 2.49. The van der Waals surface area contributed by atoms with Gasteiger partial charge in [0.25, 0.3) is 5.91 Å². The molecule has 1 aliphatic heterocycles. The van der Waals surface area contributed by atoms with E-state index in [1.54, 1.807) is 33.9 Å². The molecule has 1 aromatic rings. The third-order valence-electron chi connectivity index (χ3n) is 3.67. The Morgan fingerprint density at radius 1 is 1.30 bits per heavy atom. The van der Waals surface area contributed by atoms with Crippen molar-refractivity contribution in [3.8, 4) is 0 Å². The smallest absolute Gasteiger partial charge is 0.418 e. The number of benzene rings is 1. The molecule has 0 spiro atoms. The molecule has 0 atom stereocenters. The number of fused-ring (bicyclic) bond motifs is 1. The summed E-state index contributed by atoms with van der Waals surface area (Å²) in [5, 5.41) is 0. The van der Waals surface area contributed by atoms with E-state index in [0.717, 1.165) is 15.6 Å². The van der Waals surface area contributed by atoms with Gasteiger partial charge in [-0.2, -0.15) is 0 Å². The first-order valence-corrected chi connectivity index (χ1v) is 8.17. The molecular weight excluding hydrogens is 362 g/mol. The van der Waals surface area contributed by atoms with Crippen LogP contribution in [0.25, 0.3) is 0 Å². The first kappa shape index (κ1) is 17.9. The van der Waals surface area contributed by atoms with Crippen molar-refractivity contribution < 1.29 is 19.1 Å². The molecule has 1 aliphatic rings. The van der Waals surface area contributed by atoms with Crippen LogP contribution in [0, 0.1) is 0 Å². The summed E-state index contributed by atoms with van der Waals surface area (Å²) in [6.07, 6.45) is -0.636. The third-order valence-corrected chi connectivity index (χ3v) is 4.12. The molecule has 23 heavy (non-hydrogen) atoms. The van der Waals surface area contributed by atoms with Crippen LogP contribution in [0.1, 0.15) is 56.1 Å². The van der Waals surface area contributed by atoms with Crippen molar-refractivity contribution in [1.82, 2.24) is 4.90 Å². The summed E-state index contributed by atoms with van der Waals surface area (Å²) >= 11 is 3.41. The van der Waals surface area contributed by atoms with Gasteiger partial charge < -0.3 is 9.47 Å². The number of carbonyl (C=O) groups is 2. The van der Waals surface area contributed by atoms with Gasteiger partial charge in [-0.1, -0.05) is 15.9 Å². The summed E-state index contributed by atoms with van der Waals surface area (Å²) in [6.45, 7) is 9.37. The topological polar surface area (TPSA) is 55.8 Å². The van der Waals surface area contributed by atoms with Crippen molar-refractivity contribution in [3.05, 3.63) is 33.3 Å². The lowest BCUT2D eigenvalue weighted by Gasteiger charge is -2.33. The molecule has 0 radical (unpaired) electrons. The van der Waals surface area contributed by atoms with Gasteiger partial charge in [-0.15, -0.1) is 0 Å². The van der Waals surface area contributed by atoms with E-state index < -0.39 is 17.2 Å². The minimum absolute atomic E-state index is 0.349. The Morgan fingerprint density at radius 3 is 2.43 bits per heavy atom. The van der Waals surface area contributed by atoms with Crippen LogP contribution in [0.4, 0.5) is 4.79 Å². The molecule has 0 saturated carbocycles. The minimum atomic E-state index is -0.802. The van der Waals surface area contributed by atoms with E-state index in [1.165, 1.54) is 4.90 Å². The average Bonchev–Trinajstić information content (AvgIpc) is 2.54. The number of carbonyl (C=O) groups excluding carboxylic acids is 2. The number of halogens is 1. The number of rotatable bonds is 2. The van der Waals surface area contributed by atoms with Gasteiger partial charge in [-0.25, -0.2) is 9.69 Å². The zero-order valence-electron chi connectivity index (χ0n) is 14.3. The Bertz CT molecular complexity index is 661. The average molecular weight is 384 g/mol. The van der Waals surface area contributed by atoms with E-state index >= 15 is 0 Å². The van der Waals surface area contributed by atoms with Crippen LogP contribution in [-0.4, -0.2) is 29.6 Å². The molecule has 5 nitrogen and oxygen atoms in total. The molecule has 0 aliphatic carbocycles. The predicted octanol–water partition coefficient (Wildman–Crippen LogP) is 4.22. The maximum absolute atomic E-state index is 12.8. The SMILES string of the molecule is COCc1cc(Br)cc2c1C(C)(C)N(C(=O)OC(C)(C)C)C2=O. The molecular formula is C17H22BrNO4. The fraction of sp³-hybridized carbons (Fsp3) is 0.529. The van der Waals surface area contributed by atoms with Crippen LogP contribution in [-0.2, 0) is 21.6 Å². The molecule has 0 saturated heterocycles. The lowest BCUT2D eigenvalue weighted by atomic mass is 9.89. The van der Waals surface area contributed by atoms with Crippen LogP contribution in [0.5, 0.6) is 0 Å². The van der Waals surface area contributed by atoms with E-state index in [4.69, 9.17) is 9.47 Å². The normalized spacial score (nSPS) is 16.5. The maximum atomic E-state index is 12.8. The van der Waals surface area contributed by atoms with Crippen molar-refractivity contribution in [3.63, 3.8) is 0 Å². The zero-order chi connectivity index (χ0) is 17.6. The van der Waals surface area contributed by atoms with E-state index in [1.807, 2.05) is 19.9 Å². The highest BCUT2D eigenvalue weighted by atomic mass is 79.9. The number of nitrogens with zero attached hydrogens (tertiary/aromatic N) is 1. The molecule has 0 N–H and O–H groups in total. The van der Waals surface area contributed by atoms with Crippen LogP contribution in [0.2, 0.25) is 0 Å². The largest absolute Gasteiger partial charge is 0.443 e. The number of methoxy groups -OCH3 is 1. The van der Waals surface area contributed by atoms with Crippen LogP contribution < -0.4 is 0 Å². The summed E-state index contributed by atoms with van der Waals surface area (Å²) in [4.78, 5) is 26.6. The fourth-order valence-corrected chi connectivity index (χ4v) is 3.43. The summed E-state index contributed by atoms with van der Waals surface area (Å²) in [5.41, 5.74) is 0.712. The van der Waals surface area contributed by atoms with Crippen LogP contribution in [0.15, 0.2) is 16.6 Å². The first-order chi connectivity index (χ1) is 10.5. The molecule has 0 aromatic heterocycles. The number of ether oxygens (including phenoxy) is 2. The second-order valence-electron chi connectivity index (χ2n) is 7.10. The second-order valence-corrected chi connectivity index (χ2v) is 8.02. The summed E-state index contributed by atoms with van der Waals surface area (Å²) < 4.78 is 11.4. The molecule has 2 rings (SSSR count). The van der Waals surface area contributed by atoms with E-state index in [9.17, 15) is 9.59 Å². The molecule has 0 fully saturated rings. The fourth-order valence-electron chi connectivity index (χ4n) is 2.93. The Kier molecular flexibility index (Phi) is 4.61. The molecule has 2 amide bonds. The molecule has 0 bridgehead atoms. The van der Waals surface area contributed by atoms with E-state index in [-0.39, 0.29) is 5.91 Å². The molecule has 1 heterocycles. The van der Waals surface area contributed by atoms with Crippen LogP contribution in [0.3, 0.4) is 0 Å². The van der Waals surface area contributed by atoms with Crippen molar-refractivity contribution in [1.29, 1.82) is 0 Å². The van der Waals surface area contributed by atoms with Gasteiger partial charge in [0, 0.05) is 17.1 Å². The van der Waals surface area contributed by atoms with Crippen molar-refractivity contribution >= 4 is 27.9 Å². The van der Waals surface area contributed by atoms with E-state index in [0.29, 0.717) is 12.2 Å². The van der Waals surface area contributed by atoms with Crippen molar-refractivity contribution in [2.75, 3.05) is 7.11 Å². The van der Waals surface area contributed by atoms with Crippen molar-refractivity contribution in [2.45, 2.75) is 52.4 Å². The highest BCUT2D eigenvalue weighted by Crippen LogP contribution is 2.43. The standard InChI is InChI=1S/C17H22BrNO4/c1-16(2,3)23-15(21)19-14(20)12-8-11(18)7-10(9-22-6)13(12)17(19,4)5/h7-8H,9H2,1-6H3. The minimum Gasteiger partial charge on any atom is -0.443 e. The summed E-state index contributed by atoms with van der Waals surface area (Å²) in [6, 6.07) is 3.65. The summed E-state index contributed by atoms with van der Waals surface area (Å²) in [7, 11) is 1.60. The first-order valence-electron chi connectivity index (χ1n) is 7.38. The van der Waals surface area contributed by atoms with Crippen molar-refractivity contribution in [2.24, 2.45) is 0 Å². The van der Waals surface area contributed by atoms with Gasteiger partial charge in [0.1, 0.15) is 5.60 Å².